The van der Waals surface area contributed by atoms with Gasteiger partial charge in [-0.1, -0.05) is 38.3 Å². The summed E-state index contributed by atoms with van der Waals surface area (Å²) >= 11 is 0. The zero-order chi connectivity index (χ0) is 11.5. The molecule has 2 rings (SSSR count). The lowest BCUT2D eigenvalue weighted by Crippen LogP contribution is -1.96. The van der Waals surface area contributed by atoms with Crippen LogP contribution >= 0.6 is 0 Å². The molecule has 0 heterocycles. The van der Waals surface area contributed by atoms with E-state index in [9.17, 15) is 0 Å². The van der Waals surface area contributed by atoms with E-state index in [4.69, 9.17) is 0 Å². The fourth-order valence-electron chi connectivity index (χ4n) is 2.57. The van der Waals surface area contributed by atoms with Crippen LogP contribution in [0.4, 0.5) is 0 Å². The summed E-state index contributed by atoms with van der Waals surface area (Å²) in [5.41, 5.74) is 6.08. The number of rotatable bonds is 5. The molecule has 0 aliphatic heterocycles. The maximum Gasteiger partial charge on any atom is -0.0276 e. The Balaban J connectivity index is 1.98. The van der Waals surface area contributed by atoms with Gasteiger partial charge in [-0.2, -0.15) is 0 Å². The van der Waals surface area contributed by atoms with Gasteiger partial charge in [-0.05, 0) is 61.3 Å². The van der Waals surface area contributed by atoms with Gasteiger partial charge in [0.25, 0.3) is 0 Å². The van der Waals surface area contributed by atoms with Gasteiger partial charge >= 0.3 is 0 Å². The van der Waals surface area contributed by atoms with E-state index < -0.39 is 0 Å². The van der Waals surface area contributed by atoms with E-state index in [0.29, 0.717) is 0 Å². The SMILES string of the molecule is CCc1cc(C)c(CCCC2CC2)cc1C. The molecule has 0 amide bonds. The van der Waals surface area contributed by atoms with Crippen molar-refractivity contribution in [3.05, 3.63) is 34.4 Å². The first kappa shape index (κ1) is 11.7. The number of benzene rings is 1. The monoisotopic (exact) mass is 216 g/mol. The summed E-state index contributed by atoms with van der Waals surface area (Å²) in [5, 5.41) is 0. The van der Waals surface area contributed by atoms with Crippen LogP contribution in [0, 0.1) is 19.8 Å². The van der Waals surface area contributed by atoms with E-state index in [1.807, 2.05) is 0 Å². The lowest BCUT2D eigenvalue weighted by Gasteiger charge is -2.11. The summed E-state index contributed by atoms with van der Waals surface area (Å²) in [7, 11) is 0. The van der Waals surface area contributed by atoms with Gasteiger partial charge in [0.2, 0.25) is 0 Å². The fourth-order valence-corrected chi connectivity index (χ4v) is 2.57. The Hall–Kier alpha value is -0.780. The van der Waals surface area contributed by atoms with E-state index in [1.165, 1.54) is 48.8 Å². The van der Waals surface area contributed by atoms with Gasteiger partial charge in [0.05, 0.1) is 0 Å². The molecule has 0 bridgehead atoms. The average molecular weight is 216 g/mol. The van der Waals surface area contributed by atoms with E-state index in [2.05, 4.69) is 32.9 Å². The molecule has 1 aliphatic carbocycles. The van der Waals surface area contributed by atoms with Gasteiger partial charge in [0, 0.05) is 0 Å². The Morgan fingerprint density at radius 1 is 1.06 bits per heavy atom. The molecular weight excluding hydrogens is 192 g/mol. The smallest absolute Gasteiger partial charge is 0.0276 e. The summed E-state index contributed by atoms with van der Waals surface area (Å²) < 4.78 is 0. The lowest BCUT2D eigenvalue weighted by atomic mass is 9.95. The van der Waals surface area contributed by atoms with E-state index in [-0.39, 0.29) is 0 Å². The second-order valence-electron chi connectivity index (χ2n) is 5.39. The van der Waals surface area contributed by atoms with E-state index in [1.54, 1.807) is 5.56 Å². The van der Waals surface area contributed by atoms with Crippen molar-refractivity contribution in [1.29, 1.82) is 0 Å². The molecule has 1 aliphatic rings. The largest absolute Gasteiger partial charge is 0.0613 e. The highest BCUT2D eigenvalue weighted by Crippen LogP contribution is 2.34. The first-order valence-electron chi connectivity index (χ1n) is 6.79. The van der Waals surface area contributed by atoms with Crippen LogP contribution in [0.5, 0.6) is 0 Å². The second-order valence-corrected chi connectivity index (χ2v) is 5.39. The lowest BCUT2D eigenvalue weighted by molar-refractivity contribution is 0.665. The fraction of sp³-hybridized carbons (Fsp3) is 0.625. The predicted molar refractivity (Wildman–Crippen MR) is 71.0 cm³/mol. The molecule has 0 aromatic heterocycles. The van der Waals surface area contributed by atoms with Crippen LogP contribution in [-0.4, -0.2) is 0 Å². The molecule has 0 N–H and O–H groups in total. The molecule has 1 fully saturated rings. The molecule has 0 radical (unpaired) electrons. The van der Waals surface area contributed by atoms with Gasteiger partial charge in [0.15, 0.2) is 0 Å². The molecule has 1 aromatic carbocycles. The minimum absolute atomic E-state index is 1.08. The van der Waals surface area contributed by atoms with Crippen LogP contribution in [0.15, 0.2) is 12.1 Å². The minimum atomic E-state index is 1.08. The topological polar surface area (TPSA) is 0 Å². The van der Waals surface area contributed by atoms with Crippen LogP contribution in [0.2, 0.25) is 0 Å². The highest BCUT2D eigenvalue weighted by Gasteiger charge is 2.20. The van der Waals surface area contributed by atoms with Crippen molar-refractivity contribution in [2.45, 2.75) is 59.3 Å². The summed E-state index contributed by atoms with van der Waals surface area (Å²) in [6, 6.07) is 4.81. The maximum atomic E-state index is 2.42. The van der Waals surface area contributed by atoms with Crippen LogP contribution in [0.1, 0.15) is 54.9 Å². The average Bonchev–Trinajstić information content (AvgIpc) is 3.06. The van der Waals surface area contributed by atoms with Crippen molar-refractivity contribution in [2.24, 2.45) is 5.92 Å². The maximum absolute atomic E-state index is 2.42. The standard InChI is InChI=1S/C16H24/c1-4-15-10-13(3)16(11-12(15)2)7-5-6-14-8-9-14/h10-11,14H,4-9H2,1-3H3. The summed E-state index contributed by atoms with van der Waals surface area (Å²) in [4.78, 5) is 0. The third kappa shape index (κ3) is 2.87. The highest BCUT2D eigenvalue weighted by molar-refractivity contribution is 5.37. The summed E-state index contributed by atoms with van der Waals surface area (Å²) in [5.74, 6) is 1.08. The molecular formula is C16H24. The Kier molecular flexibility index (Phi) is 3.68. The van der Waals surface area contributed by atoms with Crippen molar-refractivity contribution < 1.29 is 0 Å². The molecule has 0 atom stereocenters. The van der Waals surface area contributed by atoms with Crippen LogP contribution in [0.3, 0.4) is 0 Å². The summed E-state index contributed by atoms with van der Waals surface area (Å²) in [6.45, 7) is 6.77. The third-order valence-electron chi connectivity index (χ3n) is 3.93. The van der Waals surface area contributed by atoms with Gasteiger partial charge in [-0.3, -0.25) is 0 Å². The molecule has 1 saturated carbocycles. The van der Waals surface area contributed by atoms with Crippen molar-refractivity contribution in [3.63, 3.8) is 0 Å². The van der Waals surface area contributed by atoms with Crippen molar-refractivity contribution in [1.82, 2.24) is 0 Å². The minimum Gasteiger partial charge on any atom is -0.0613 e. The molecule has 0 unspecified atom stereocenters. The molecule has 0 nitrogen and oxygen atoms in total. The molecule has 16 heavy (non-hydrogen) atoms. The third-order valence-corrected chi connectivity index (χ3v) is 3.93. The first-order valence-corrected chi connectivity index (χ1v) is 6.79. The van der Waals surface area contributed by atoms with Crippen molar-refractivity contribution in [2.75, 3.05) is 0 Å². The zero-order valence-electron chi connectivity index (χ0n) is 11.0. The highest BCUT2D eigenvalue weighted by atomic mass is 14.3. The molecule has 1 aromatic rings. The van der Waals surface area contributed by atoms with Gasteiger partial charge in [-0.25, -0.2) is 0 Å². The van der Waals surface area contributed by atoms with E-state index >= 15 is 0 Å². The Bertz CT molecular complexity index is 359. The molecule has 0 saturated heterocycles. The predicted octanol–water partition coefficient (Wildman–Crippen LogP) is 4.60. The number of hydrogen-bond acceptors (Lipinski definition) is 0. The quantitative estimate of drug-likeness (QED) is 0.675. The molecule has 88 valence electrons. The molecule has 0 spiro atoms. The number of hydrogen-bond donors (Lipinski definition) is 0. The first-order chi connectivity index (χ1) is 7.70. The Morgan fingerprint density at radius 3 is 2.31 bits per heavy atom. The van der Waals surface area contributed by atoms with Crippen molar-refractivity contribution in [3.8, 4) is 0 Å². The zero-order valence-corrected chi connectivity index (χ0v) is 11.0. The van der Waals surface area contributed by atoms with Crippen LogP contribution < -0.4 is 0 Å². The summed E-state index contributed by atoms with van der Waals surface area (Å²) in [6.07, 6.45) is 8.27. The van der Waals surface area contributed by atoms with Crippen LogP contribution in [-0.2, 0) is 12.8 Å². The second kappa shape index (κ2) is 5.03. The Morgan fingerprint density at radius 2 is 1.69 bits per heavy atom. The van der Waals surface area contributed by atoms with Gasteiger partial charge in [-0.15, -0.1) is 0 Å². The molecule has 0 heteroatoms. The van der Waals surface area contributed by atoms with E-state index in [0.717, 1.165) is 12.3 Å². The number of aryl methyl sites for hydroxylation is 4. The van der Waals surface area contributed by atoms with Gasteiger partial charge < -0.3 is 0 Å². The Labute approximate surface area is 100 Å². The van der Waals surface area contributed by atoms with Crippen LogP contribution in [0.25, 0.3) is 0 Å². The normalized spacial score (nSPS) is 15.4. The van der Waals surface area contributed by atoms with Gasteiger partial charge in [0.1, 0.15) is 0 Å². The van der Waals surface area contributed by atoms with Crippen molar-refractivity contribution >= 4 is 0 Å².